The predicted molar refractivity (Wildman–Crippen MR) is 90.5 cm³/mol. The van der Waals surface area contributed by atoms with Crippen LogP contribution in [0.3, 0.4) is 0 Å². The number of carbonyl (C=O) groups excluding carboxylic acids is 1. The Morgan fingerprint density at radius 3 is 2.68 bits per heavy atom. The van der Waals surface area contributed by atoms with E-state index >= 15 is 0 Å². The molecule has 0 aliphatic heterocycles. The van der Waals surface area contributed by atoms with Crippen LogP contribution in [0, 0.1) is 34.5 Å². The molecular formula is C21H32O. The van der Waals surface area contributed by atoms with Gasteiger partial charge in [0.1, 0.15) is 5.78 Å². The predicted octanol–water partition coefficient (Wildman–Crippen LogP) is 5.54. The molecule has 0 amide bonds. The van der Waals surface area contributed by atoms with E-state index in [9.17, 15) is 4.79 Å². The first-order valence-electron chi connectivity index (χ1n) is 9.74. The third-order valence-corrected chi connectivity index (χ3v) is 8.62. The van der Waals surface area contributed by atoms with E-state index in [0.717, 1.165) is 30.6 Å². The van der Waals surface area contributed by atoms with Crippen LogP contribution in [0.1, 0.15) is 78.6 Å². The third-order valence-electron chi connectivity index (χ3n) is 8.62. The van der Waals surface area contributed by atoms with Crippen LogP contribution in [0.25, 0.3) is 0 Å². The second-order valence-electron chi connectivity index (χ2n) is 9.04. The van der Waals surface area contributed by atoms with Gasteiger partial charge in [-0.2, -0.15) is 0 Å². The summed E-state index contributed by atoms with van der Waals surface area (Å²) in [6.07, 6.45) is 13.7. The first kappa shape index (κ1) is 15.0. The Morgan fingerprint density at radius 1 is 1.09 bits per heavy atom. The average molecular weight is 300 g/mol. The monoisotopic (exact) mass is 300 g/mol. The molecule has 3 fully saturated rings. The van der Waals surface area contributed by atoms with E-state index in [1.54, 1.807) is 0 Å². The van der Waals surface area contributed by atoms with Crippen LogP contribution in [-0.2, 0) is 4.79 Å². The number of ketones is 1. The van der Waals surface area contributed by atoms with Crippen molar-refractivity contribution in [2.24, 2.45) is 34.5 Å². The van der Waals surface area contributed by atoms with E-state index in [0.29, 0.717) is 17.1 Å². The van der Waals surface area contributed by atoms with Crippen molar-refractivity contribution in [3.63, 3.8) is 0 Å². The summed E-state index contributed by atoms with van der Waals surface area (Å²) in [5.41, 5.74) is 2.00. The Labute approximate surface area is 135 Å². The Morgan fingerprint density at radius 2 is 1.91 bits per heavy atom. The van der Waals surface area contributed by atoms with E-state index in [-0.39, 0.29) is 5.41 Å². The van der Waals surface area contributed by atoms with Crippen LogP contribution in [0.5, 0.6) is 0 Å². The molecule has 1 heteroatoms. The molecular weight excluding hydrogens is 268 g/mol. The third kappa shape index (κ3) is 1.74. The fourth-order valence-electron chi connectivity index (χ4n) is 7.34. The molecule has 0 N–H and O–H groups in total. The molecule has 4 aliphatic carbocycles. The molecule has 0 bridgehead atoms. The molecule has 22 heavy (non-hydrogen) atoms. The summed E-state index contributed by atoms with van der Waals surface area (Å²) in [5, 5.41) is 0. The van der Waals surface area contributed by atoms with Gasteiger partial charge in [-0.05, 0) is 81.0 Å². The molecule has 6 atom stereocenters. The molecule has 0 saturated heterocycles. The van der Waals surface area contributed by atoms with Crippen molar-refractivity contribution >= 4 is 5.78 Å². The van der Waals surface area contributed by atoms with Crippen LogP contribution in [0.4, 0.5) is 0 Å². The van der Waals surface area contributed by atoms with Gasteiger partial charge in [0, 0.05) is 6.42 Å². The average Bonchev–Trinajstić information content (AvgIpc) is 2.85. The fraction of sp³-hybridized carbons (Fsp3) is 0.857. The summed E-state index contributed by atoms with van der Waals surface area (Å²) >= 11 is 0. The Kier molecular flexibility index (Phi) is 3.37. The second-order valence-corrected chi connectivity index (χ2v) is 9.04. The minimum atomic E-state index is -0.0905. The molecule has 0 radical (unpaired) electrons. The Bertz CT molecular complexity index is 518. The van der Waals surface area contributed by atoms with E-state index in [1.807, 2.05) is 0 Å². The van der Waals surface area contributed by atoms with Crippen molar-refractivity contribution in [2.45, 2.75) is 78.6 Å². The summed E-state index contributed by atoms with van der Waals surface area (Å²) in [4.78, 5) is 12.9. The smallest absolute Gasteiger partial charge is 0.143 e. The van der Waals surface area contributed by atoms with Gasteiger partial charge in [-0.25, -0.2) is 0 Å². The largest absolute Gasteiger partial charge is 0.299 e. The molecule has 0 aromatic carbocycles. The van der Waals surface area contributed by atoms with Crippen molar-refractivity contribution in [1.29, 1.82) is 0 Å². The highest BCUT2D eigenvalue weighted by Crippen LogP contribution is 2.66. The van der Waals surface area contributed by atoms with Crippen molar-refractivity contribution in [2.75, 3.05) is 0 Å². The Balaban J connectivity index is 1.70. The number of rotatable bonds is 1. The topological polar surface area (TPSA) is 17.1 Å². The SMILES string of the molecule is CC[C@H]1CC[C@H]2[C@@H]3CCC4=CCCC(=O)[C@]4(C)[C@H]3CC[C@]12C. The van der Waals surface area contributed by atoms with Crippen LogP contribution in [-0.4, -0.2) is 5.78 Å². The van der Waals surface area contributed by atoms with Crippen LogP contribution in [0.15, 0.2) is 11.6 Å². The van der Waals surface area contributed by atoms with E-state index in [1.165, 1.54) is 50.5 Å². The van der Waals surface area contributed by atoms with Crippen molar-refractivity contribution in [1.82, 2.24) is 0 Å². The summed E-state index contributed by atoms with van der Waals surface area (Å²) in [5.74, 6) is 3.86. The van der Waals surface area contributed by atoms with Gasteiger partial charge in [0.25, 0.3) is 0 Å². The minimum Gasteiger partial charge on any atom is -0.299 e. The fourth-order valence-corrected chi connectivity index (χ4v) is 7.34. The lowest BCUT2D eigenvalue weighted by atomic mass is 9.46. The molecule has 3 saturated carbocycles. The molecule has 4 rings (SSSR count). The first-order valence-corrected chi connectivity index (χ1v) is 9.74. The quantitative estimate of drug-likeness (QED) is 0.581. The number of fused-ring (bicyclic) bond motifs is 5. The van der Waals surface area contributed by atoms with Gasteiger partial charge < -0.3 is 0 Å². The van der Waals surface area contributed by atoms with Gasteiger partial charge in [-0.15, -0.1) is 0 Å². The normalized spacial score (nSPS) is 50.9. The molecule has 0 spiro atoms. The zero-order valence-electron chi connectivity index (χ0n) is 14.7. The van der Waals surface area contributed by atoms with Crippen LogP contribution >= 0.6 is 0 Å². The zero-order valence-corrected chi connectivity index (χ0v) is 14.7. The highest BCUT2D eigenvalue weighted by Gasteiger charge is 2.59. The highest BCUT2D eigenvalue weighted by atomic mass is 16.1. The standard InChI is InChI=1S/C21H32O/c1-4-14-9-11-17-16-10-8-15-6-5-7-19(22)21(15,3)18(16)12-13-20(14,17)2/h6,14,16-18H,4-5,7-13H2,1-3H3/t14-,16-,17-,18-,20+,21-/m0/s1. The summed E-state index contributed by atoms with van der Waals surface area (Å²) < 4.78 is 0. The van der Waals surface area contributed by atoms with Crippen molar-refractivity contribution < 1.29 is 4.79 Å². The summed E-state index contributed by atoms with van der Waals surface area (Å²) in [7, 11) is 0. The number of carbonyl (C=O) groups is 1. The Hall–Kier alpha value is -0.590. The van der Waals surface area contributed by atoms with E-state index in [2.05, 4.69) is 26.8 Å². The lowest BCUT2D eigenvalue weighted by molar-refractivity contribution is -0.137. The second kappa shape index (κ2) is 4.95. The van der Waals surface area contributed by atoms with Crippen LogP contribution < -0.4 is 0 Å². The van der Waals surface area contributed by atoms with Crippen molar-refractivity contribution in [3.8, 4) is 0 Å². The maximum atomic E-state index is 12.9. The van der Waals surface area contributed by atoms with Gasteiger partial charge in [0.2, 0.25) is 0 Å². The summed E-state index contributed by atoms with van der Waals surface area (Å²) in [6.45, 7) is 7.29. The van der Waals surface area contributed by atoms with E-state index in [4.69, 9.17) is 0 Å². The lowest BCUT2D eigenvalue weighted by Gasteiger charge is -2.57. The summed E-state index contributed by atoms with van der Waals surface area (Å²) in [6, 6.07) is 0. The van der Waals surface area contributed by atoms with Gasteiger partial charge in [-0.1, -0.05) is 31.9 Å². The van der Waals surface area contributed by atoms with Crippen LogP contribution in [0.2, 0.25) is 0 Å². The van der Waals surface area contributed by atoms with Gasteiger partial charge in [0.05, 0.1) is 5.41 Å². The van der Waals surface area contributed by atoms with Gasteiger partial charge >= 0.3 is 0 Å². The number of Topliss-reactive ketones (excluding diaryl/α,β-unsaturated/α-hetero) is 1. The molecule has 0 heterocycles. The number of allylic oxidation sites excluding steroid dienone is 2. The number of hydrogen-bond acceptors (Lipinski definition) is 1. The molecule has 0 aromatic heterocycles. The maximum Gasteiger partial charge on any atom is 0.143 e. The van der Waals surface area contributed by atoms with Gasteiger partial charge in [-0.3, -0.25) is 4.79 Å². The van der Waals surface area contributed by atoms with E-state index < -0.39 is 0 Å². The molecule has 0 unspecified atom stereocenters. The zero-order chi connectivity index (χ0) is 15.5. The molecule has 0 aromatic rings. The molecule has 4 aliphatic rings. The van der Waals surface area contributed by atoms with Crippen molar-refractivity contribution in [3.05, 3.63) is 11.6 Å². The molecule has 1 nitrogen and oxygen atoms in total. The first-order chi connectivity index (χ1) is 10.5. The highest BCUT2D eigenvalue weighted by molar-refractivity contribution is 5.89. The lowest BCUT2D eigenvalue weighted by Crippen LogP contribution is -2.53. The maximum absolute atomic E-state index is 12.9. The molecule has 122 valence electrons. The van der Waals surface area contributed by atoms with Gasteiger partial charge in [0.15, 0.2) is 0 Å². The minimum absolute atomic E-state index is 0.0905. The number of hydrogen-bond donors (Lipinski definition) is 0.